The number of ether oxygens (including phenoxy) is 5. The van der Waals surface area contributed by atoms with E-state index >= 15 is 0 Å². The maximum absolute atomic E-state index is 14.5. The molecule has 0 aromatic rings. The van der Waals surface area contributed by atoms with Crippen LogP contribution in [0.5, 0.6) is 0 Å². The van der Waals surface area contributed by atoms with Crippen LogP contribution in [-0.2, 0) is 42.4 Å². The van der Waals surface area contributed by atoms with Crippen LogP contribution in [0.1, 0.15) is 60.3 Å². The Bertz CT molecular complexity index is 1220. The highest BCUT2D eigenvalue weighted by Crippen LogP contribution is 2.47. The zero-order valence-electron chi connectivity index (χ0n) is 26.9. The van der Waals surface area contributed by atoms with Gasteiger partial charge in [0, 0.05) is 6.20 Å². The second kappa shape index (κ2) is 14.2. The van der Waals surface area contributed by atoms with E-state index in [1.807, 2.05) is 27.7 Å². The van der Waals surface area contributed by atoms with Crippen LogP contribution in [-0.4, -0.2) is 91.8 Å². The van der Waals surface area contributed by atoms with E-state index in [4.69, 9.17) is 28.2 Å². The first-order valence-electron chi connectivity index (χ1n) is 15.2. The molecule has 1 saturated carbocycles. The molecule has 3 unspecified atom stereocenters. The van der Waals surface area contributed by atoms with E-state index in [1.54, 1.807) is 24.1 Å². The summed E-state index contributed by atoms with van der Waals surface area (Å²) in [4.78, 5) is 44.0. The number of nitrogens with zero attached hydrogens (tertiary/aromatic N) is 2. The van der Waals surface area contributed by atoms with Crippen LogP contribution in [0, 0.1) is 11.8 Å². The van der Waals surface area contributed by atoms with Crippen LogP contribution in [0.2, 0.25) is 0 Å². The fourth-order valence-corrected chi connectivity index (χ4v) is 7.30. The minimum atomic E-state index is -4.22. The summed E-state index contributed by atoms with van der Waals surface area (Å²) in [6.07, 6.45) is 2.43. The molecule has 1 aliphatic carbocycles. The van der Waals surface area contributed by atoms with Crippen molar-refractivity contribution in [2.24, 2.45) is 16.8 Å². The molecular weight excluding hydrogens is 609 g/mol. The molecule has 3 aliphatic heterocycles. The van der Waals surface area contributed by atoms with E-state index in [9.17, 15) is 18.9 Å². The number of esters is 2. The highest BCUT2D eigenvalue weighted by atomic mass is 31.2. The summed E-state index contributed by atoms with van der Waals surface area (Å²) in [6, 6.07) is -1.76. The van der Waals surface area contributed by atoms with Gasteiger partial charge >= 0.3 is 25.8 Å². The van der Waals surface area contributed by atoms with Crippen molar-refractivity contribution in [2.45, 2.75) is 102 Å². The zero-order chi connectivity index (χ0) is 33.1. The molecular formula is C29H46N5O10P. The Morgan fingerprint density at radius 2 is 1.71 bits per heavy atom. The van der Waals surface area contributed by atoms with Gasteiger partial charge in [0.2, 0.25) is 0 Å². The Hall–Kier alpha value is -2.97. The van der Waals surface area contributed by atoms with Crippen molar-refractivity contribution >= 4 is 31.6 Å². The van der Waals surface area contributed by atoms with Gasteiger partial charge in [0.05, 0.1) is 26.9 Å². The van der Waals surface area contributed by atoms with E-state index < -0.39 is 61.9 Å². The highest BCUT2D eigenvalue weighted by molar-refractivity contribution is 7.54. The van der Waals surface area contributed by atoms with Crippen LogP contribution in [0.4, 0.5) is 4.79 Å². The Labute approximate surface area is 264 Å². The van der Waals surface area contributed by atoms with Crippen molar-refractivity contribution in [3.05, 3.63) is 24.7 Å². The minimum Gasteiger partial charge on any atom is -0.468 e. The molecule has 0 aromatic heterocycles. The van der Waals surface area contributed by atoms with Gasteiger partial charge in [-0.15, -0.1) is 0 Å². The van der Waals surface area contributed by atoms with Gasteiger partial charge in [0.1, 0.15) is 29.8 Å². The minimum absolute atomic E-state index is 0.0194. The molecule has 4 aliphatic rings. The molecule has 45 heavy (non-hydrogen) atoms. The summed E-state index contributed by atoms with van der Waals surface area (Å²) >= 11 is 0. The molecule has 0 amide bonds. The third-order valence-corrected chi connectivity index (χ3v) is 9.59. The molecule has 16 heteroatoms. The van der Waals surface area contributed by atoms with Crippen molar-refractivity contribution in [3.8, 4) is 0 Å². The van der Waals surface area contributed by atoms with Crippen LogP contribution >= 0.6 is 7.67 Å². The predicted molar refractivity (Wildman–Crippen MR) is 162 cm³/mol. The van der Waals surface area contributed by atoms with Gasteiger partial charge < -0.3 is 38.4 Å². The van der Waals surface area contributed by atoms with E-state index in [0.717, 1.165) is 12.8 Å². The van der Waals surface area contributed by atoms with Crippen LogP contribution in [0.25, 0.3) is 0 Å². The van der Waals surface area contributed by atoms with Crippen molar-refractivity contribution in [1.29, 1.82) is 0 Å². The van der Waals surface area contributed by atoms with Crippen molar-refractivity contribution in [3.63, 3.8) is 0 Å². The fourth-order valence-electron chi connectivity index (χ4n) is 5.48. The van der Waals surface area contributed by atoms with E-state index in [-0.39, 0.29) is 31.3 Å². The molecule has 3 fully saturated rings. The summed E-state index contributed by atoms with van der Waals surface area (Å²) in [6.45, 7) is 13.0. The largest absolute Gasteiger partial charge is 0.509 e. The maximum atomic E-state index is 14.5. The summed E-state index contributed by atoms with van der Waals surface area (Å²) in [5, 5.41) is 8.73. The lowest BCUT2D eigenvalue weighted by Gasteiger charge is -2.37. The Morgan fingerprint density at radius 3 is 2.20 bits per heavy atom. The van der Waals surface area contributed by atoms with Gasteiger partial charge in [-0.3, -0.25) is 19.1 Å². The summed E-state index contributed by atoms with van der Waals surface area (Å²) in [5.74, 6) is -0.146. The predicted octanol–water partition coefficient (Wildman–Crippen LogP) is 2.94. The number of nitrogens with one attached hydrogen (secondary N) is 3. The molecule has 0 aromatic carbocycles. The van der Waals surface area contributed by atoms with E-state index in [2.05, 4.69) is 27.1 Å². The Kier molecular flexibility index (Phi) is 11.0. The van der Waals surface area contributed by atoms with Gasteiger partial charge in [-0.05, 0) is 50.5 Å². The average Bonchev–Trinajstić information content (AvgIpc) is 3.66. The lowest BCUT2D eigenvalue weighted by atomic mass is 9.96. The van der Waals surface area contributed by atoms with Gasteiger partial charge in [-0.1, -0.05) is 34.3 Å². The number of hydrogen-bond acceptors (Lipinski definition) is 12. The fraction of sp³-hybridized carbons (Fsp3) is 0.724. The number of methoxy groups -OCH3 is 2. The topological polar surface area (TPSA) is 175 Å². The number of fused-ring (bicyclic) bond motifs is 1. The highest BCUT2D eigenvalue weighted by Gasteiger charge is 2.65. The number of carbonyl (C=O) groups is 3. The van der Waals surface area contributed by atoms with Gasteiger partial charge in [-0.25, -0.2) is 15.0 Å². The smallest absolute Gasteiger partial charge is 0.468 e. The molecule has 2 saturated heterocycles. The second-order valence-electron chi connectivity index (χ2n) is 12.7. The normalized spacial score (nSPS) is 29.6. The summed E-state index contributed by atoms with van der Waals surface area (Å²) < 4.78 is 47.8. The monoisotopic (exact) mass is 655 g/mol. The number of hydrogen-bond donors (Lipinski definition) is 3. The summed E-state index contributed by atoms with van der Waals surface area (Å²) in [5.41, 5.74) is -1.30. The number of carbonyl (C=O) groups excluding carboxylic acids is 3. The first-order chi connectivity index (χ1) is 21.2. The van der Waals surface area contributed by atoms with Crippen molar-refractivity contribution < 1.29 is 47.2 Å². The molecule has 3 N–H and O–H groups in total. The van der Waals surface area contributed by atoms with Crippen LogP contribution in [0.3, 0.4) is 0 Å². The third-order valence-electron chi connectivity index (χ3n) is 7.78. The third kappa shape index (κ3) is 8.44. The van der Waals surface area contributed by atoms with Gasteiger partial charge in [-0.2, -0.15) is 0 Å². The second-order valence-corrected chi connectivity index (χ2v) is 14.5. The van der Waals surface area contributed by atoms with E-state index in [0.29, 0.717) is 17.7 Å². The van der Waals surface area contributed by atoms with Crippen LogP contribution < -0.4 is 15.5 Å². The average molecular weight is 656 g/mol. The Morgan fingerprint density at radius 1 is 1.13 bits per heavy atom. The molecule has 4 rings (SSSR count). The van der Waals surface area contributed by atoms with Gasteiger partial charge in [0.15, 0.2) is 17.9 Å². The number of aliphatic imine (C=N–C) groups is 1. The first-order valence-corrected chi connectivity index (χ1v) is 16.8. The summed E-state index contributed by atoms with van der Waals surface area (Å²) in [7, 11) is -1.76. The van der Waals surface area contributed by atoms with E-state index in [1.165, 1.54) is 14.2 Å². The maximum Gasteiger partial charge on any atom is 0.509 e. The van der Waals surface area contributed by atoms with Crippen molar-refractivity contribution in [2.75, 3.05) is 20.8 Å². The van der Waals surface area contributed by atoms with Crippen LogP contribution in [0.15, 0.2) is 29.7 Å². The molecule has 0 spiro atoms. The zero-order valence-corrected chi connectivity index (χ0v) is 27.8. The number of rotatable bonds is 15. The molecule has 252 valence electrons. The first kappa shape index (κ1) is 34.9. The molecule has 3 heterocycles. The quantitative estimate of drug-likeness (QED) is 0.133. The molecule has 15 nitrogen and oxygen atoms in total. The lowest BCUT2D eigenvalue weighted by molar-refractivity contribution is -0.143. The standard InChI is InChI=1S/C29H46N5O10P/c1-16(2)13-20(25(35)39-7)32-45(38,33-21(14-17(3)4)26(36)40-8)41-15-22-24-29(6,44-28(37)43-24)27(42-22)34-12-11-23(30-18(34)5)31-19-9-10-19/h11-12,16-17,19-22,24,27H,5,9-10,13-15H2,1-4,6-8H3,(H,30,31)(H2,32,33,38)/t20?,21?,22-,24+,27-,29?,45?/m1/s1. The lowest BCUT2D eigenvalue weighted by Crippen LogP contribution is -2.53. The molecule has 0 bridgehead atoms. The molecule has 0 radical (unpaired) electrons. The SMILES string of the molecule is C=C1NC(=NC2CC2)C=CN1[C@@H]1O[C@H](COP(=O)(NC(CC(C)C)C(=O)OC)NC(CC(C)C)C(=O)OC)[C@@H]2OC(=O)OC21C. The number of amidine groups is 1. The Balaban J connectivity index is 1.58. The van der Waals surface area contributed by atoms with Gasteiger partial charge in [0.25, 0.3) is 0 Å². The molecule has 6 atom stereocenters. The van der Waals surface area contributed by atoms with Crippen molar-refractivity contribution in [1.82, 2.24) is 20.4 Å².